The van der Waals surface area contributed by atoms with Crippen molar-refractivity contribution in [2.75, 3.05) is 19.6 Å². The highest BCUT2D eigenvalue weighted by molar-refractivity contribution is 5.06. The zero-order valence-electron chi connectivity index (χ0n) is 11.9. The Morgan fingerprint density at radius 2 is 2.39 bits per heavy atom. The van der Waals surface area contributed by atoms with E-state index >= 15 is 0 Å². The summed E-state index contributed by atoms with van der Waals surface area (Å²) in [6, 6.07) is 3.22. The quantitative estimate of drug-likeness (QED) is 0.867. The van der Waals surface area contributed by atoms with Gasteiger partial charge in [-0.25, -0.2) is 0 Å². The molecule has 4 heteroatoms. The number of nitrogens with zero attached hydrogens (tertiary/aromatic N) is 3. The fourth-order valence-corrected chi connectivity index (χ4v) is 2.90. The SMILES string of the molecule is CCN(CC1CCCCN1)C(C)c1ccnn1C. The van der Waals surface area contributed by atoms with Crippen LogP contribution < -0.4 is 5.32 Å². The number of aromatic nitrogens is 2. The lowest BCUT2D eigenvalue weighted by atomic mass is 10.0. The molecule has 0 aliphatic carbocycles. The summed E-state index contributed by atoms with van der Waals surface area (Å²) in [5, 5.41) is 7.91. The second-order valence-corrected chi connectivity index (χ2v) is 5.29. The Morgan fingerprint density at radius 3 is 2.94 bits per heavy atom. The molecule has 1 saturated heterocycles. The van der Waals surface area contributed by atoms with Crippen molar-refractivity contribution in [3.63, 3.8) is 0 Å². The molecule has 2 atom stereocenters. The summed E-state index contributed by atoms with van der Waals surface area (Å²) in [5.41, 5.74) is 1.30. The maximum atomic E-state index is 4.28. The lowest BCUT2D eigenvalue weighted by Crippen LogP contribution is -2.44. The molecule has 0 aromatic carbocycles. The highest BCUT2D eigenvalue weighted by Gasteiger charge is 2.21. The molecule has 18 heavy (non-hydrogen) atoms. The first kappa shape index (κ1) is 13.6. The smallest absolute Gasteiger partial charge is 0.0549 e. The van der Waals surface area contributed by atoms with Gasteiger partial charge in [0, 0.05) is 31.9 Å². The fourth-order valence-electron chi connectivity index (χ4n) is 2.90. The summed E-state index contributed by atoms with van der Waals surface area (Å²) >= 11 is 0. The monoisotopic (exact) mass is 250 g/mol. The summed E-state index contributed by atoms with van der Waals surface area (Å²) in [7, 11) is 2.03. The van der Waals surface area contributed by atoms with Crippen molar-refractivity contribution in [3.05, 3.63) is 18.0 Å². The number of aryl methyl sites for hydroxylation is 1. The Bertz CT molecular complexity index is 354. The summed E-state index contributed by atoms with van der Waals surface area (Å²) < 4.78 is 1.99. The van der Waals surface area contributed by atoms with Crippen molar-refractivity contribution in [2.45, 2.75) is 45.2 Å². The molecule has 4 nitrogen and oxygen atoms in total. The fraction of sp³-hybridized carbons (Fsp3) is 0.786. The van der Waals surface area contributed by atoms with Crippen LogP contribution in [0.15, 0.2) is 12.3 Å². The topological polar surface area (TPSA) is 33.1 Å². The molecular formula is C14H26N4. The van der Waals surface area contributed by atoms with Crippen LogP contribution in [0.5, 0.6) is 0 Å². The third kappa shape index (κ3) is 3.12. The van der Waals surface area contributed by atoms with E-state index in [2.05, 4.69) is 35.2 Å². The average Bonchev–Trinajstić information content (AvgIpc) is 2.82. The van der Waals surface area contributed by atoms with Gasteiger partial charge in [-0.2, -0.15) is 5.10 Å². The van der Waals surface area contributed by atoms with E-state index in [0.717, 1.165) is 13.1 Å². The van der Waals surface area contributed by atoms with Crippen molar-refractivity contribution in [3.8, 4) is 0 Å². The van der Waals surface area contributed by atoms with Crippen LogP contribution in [0.4, 0.5) is 0 Å². The second-order valence-electron chi connectivity index (χ2n) is 5.29. The summed E-state index contributed by atoms with van der Waals surface area (Å²) in [4.78, 5) is 2.54. The summed E-state index contributed by atoms with van der Waals surface area (Å²) in [5.74, 6) is 0. The van der Waals surface area contributed by atoms with Gasteiger partial charge in [0.25, 0.3) is 0 Å². The maximum absolute atomic E-state index is 4.28. The predicted molar refractivity (Wildman–Crippen MR) is 74.5 cm³/mol. The average molecular weight is 250 g/mol. The van der Waals surface area contributed by atoms with Crippen LogP contribution in [0.3, 0.4) is 0 Å². The highest BCUT2D eigenvalue weighted by atomic mass is 15.3. The molecule has 1 N–H and O–H groups in total. The Kier molecular flexibility index (Phi) is 4.78. The van der Waals surface area contributed by atoms with Crippen LogP contribution in [-0.2, 0) is 7.05 Å². The van der Waals surface area contributed by atoms with E-state index in [4.69, 9.17) is 0 Å². The van der Waals surface area contributed by atoms with Crippen molar-refractivity contribution in [1.82, 2.24) is 20.0 Å². The molecule has 2 heterocycles. The van der Waals surface area contributed by atoms with Gasteiger partial charge in [0.1, 0.15) is 0 Å². The molecule has 0 radical (unpaired) electrons. The normalized spacial score (nSPS) is 22.3. The van der Waals surface area contributed by atoms with E-state index in [1.807, 2.05) is 17.9 Å². The molecule has 2 unspecified atom stereocenters. The van der Waals surface area contributed by atoms with Crippen molar-refractivity contribution in [2.24, 2.45) is 7.05 Å². The van der Waals surface area contributed by atoms with Crippen LogP contribution in [0.2, 0.25) is 0 Å². The van der Waals surface area contributed by atoms with E-state index in [0.29, 0.717) is 12.1 Å². The molecule has 2 rings (SSSR count). The Hall–Kier alpha value is -0.870. The van der Waals surface area contributed by atoms with Gasteiger partial charge in [0.05, 0.1) is 5.69 Å². The third-order valence-electron chi connectivity index (χ3n) is 4.11. The van der Waals surface area contributed by atoms with E-state index in [-0.39, 0.29) is 0 Å². The Morgan fingerprint density at radius 1 is 1.56 bits per heavy atom. The second kappa shape index (κ2) is 6.34. The molecule has 1 aromatic rings. The van der Waals surface area contributed by atoms with E-state index in [1.165, 1.54) is 31.5 Å². The van der Waals surface area contributed by atoms with Crippen LogP contribution in [-0.4, -0.2) is 40.4 Å². The summed E-state index contributed by atoms with van der Waals surface area (Å²) in [6.07, 6.45) is 5.91. The van der Waals surface area contributed by atoms with Crippen molar-refractivity contribution >= 4 is 0 Å². The third-order valence-corrected chi connectivity index (χ3v) is 4.11. The molecule has 1 aliphatic rings. The minimum Gasteiger partial charge on any atom is -0.313 e. The molecule has 1 aliphatic heterocycles. The first-order chi connectivity index (χ1) is 8.72. The first-order valence-corrected chi connectivity index (χ1v) is 7.17. The molecular weight excluding hydrogens is 224 g/mol. The van der Waals surface area contributed by atoms with Crippen molar-refractivity contribution in [1.29, 1.82) is 0 Å². The number of hydrogen-bond acceptors (Lipinski definition) is 3. The Balaban J connectivity index is 1.97. The van der Waals surface area contributed by atoms with Gasteiger partial charge >= 0.3 is 0 Å². The summed E-state index contributed by atoms with van der Waals surface area (Å²) in [6.45, 7) is 7.94. The maximum Gasteiger partial charge on any atom is 0.0549 e. The molecule has 102 valence electrons. The lowest BCUT2D eigenvalue weighted by molar-refractivity contribution is 0.179. The number of piperidine rings is 1. The van der Waals surface area contributed by atoms with Crippen LogP contribution in [0.25, 0.3) is 0 Å². The number of rotatable bonds is 5. The van der Waals surface area contributed by atoms with Gasteiger partial charge in [-0.1, -0.05) is 13.3 Å². The molecule has 0 spiro atoms. The highest BCUT2D eigenvalue weighted by Crippen LogP contribution is 2.20. The van der Waals surface area contributed by atoms with Gasteiger partial charge in [-0.3, -0.25) is 9.58 Å². The van der Waals surface area contributed by atoms with Crippen molar-refractivity contribution < 1.29 is 0 Å². The van der Waals surface area contributed by atoms with Gasteiger partial charge in [0.2, 0.25) is 0 Å². The molecule has 1 fully saturated rings. The standard InChI is InChI=1S/C14H26N4/c1-4-18(11-13-7-5-6-9-15-13)12(2)14-8-10-16-17(14)3/h8,10,12-13,15H,4-7,9,11H2,1-3H3. The van der Waals surface area contributed by atoms with Gasteiger partial charge in [0.15, 0.2) is 0 Å². The predicted octanol–water partition coefficient (Wildman–Crippen LogP) is 1.95. The minimum absolute atomic E-state index is 0.436. The molecule has 0 bridgehead atoms. The van der Waals surface area contributed by atoms with E-state index < -0.39 is 0 Å². The zero-order valence-corrected chi connectivity index (χ0v) is 11.9. The zero-order chi connectivity index (χ0) is 13.0. The first-order valence-electron chi connectivity index (χ1n) is 7.17. The van der Waals surface area contributed by atoms with Crippen LogP contribution >= 0.6 is 0 Å². The number of nitrogens with one attached hydrogen (secondary N) is 1. The molecule has 1 aromatic heterocycles. The van der Waals surface area contributed by atoms with E-state index in [1.54, 1.807) is 0 Å². The van der Waals surface area contributed by atoms with Crippen LogP contribution in [0.1, 0.15) is 44.8 Å². The number of hydrogen-bond donors (Lipinski definition) is 1. The number of likely N-dealkylation sites (N-methyl/N-ethyl adjacent to an activating group) is 1. The van der Waals surface area contributed by atoms with Gasteiger partial charge < -0.3 is 5.32 Å². The molecule has 0 saturated carbocycles. The molecule has 0 amide bonds. The minimum atomic E-state index is 0.436. The van der Waals surface area contributed by atoms with Gasteiger partial charge in [-0.15, -0.1) is 0 Å². The van der Waals surface area contributed by atoms with Gasteiger partial charge in [-0.05, 0) is 38.9 Å². The lowest BCUT2D eigenvalue weighted by Gasteiger charge is -2.33. The largest absolute Gasteiger partial charge is 0.313 e. The Labute approximate surface area is 110 Å². The van der Waals surface area contributed by atoms with Crippen LogP contribution in [0, 0.1) is 0 Å². The van der Waals surface area contributed by atoms with E-state index in [9.17, 15) is 0 Å².